The molecule has 33 heavy (non-hydrogen) atoms. The summed E-state index contributed by atoms with van der Waals surface area (Å²) in [5, 5.41) is 60.2. The quantitative estimate of drug-likeness (QED) is 0.228. The van der Waals surface area contributed by atoms with Crippen LogP contribution in [0.25, 0.3) is 0 Å². The zero-order chi connectivity index (χ0) is 24.3. The predicted molar refractivity (Wildman–Crippen MR) is 107 cm³/mol. The Kier molecular flexibility index (Phi) is 8.55. The van der Waals surface area contributed by atoms with E-state index >= 15 is 0 Å². The Morgan fingerprint density at radius 1 is 0.788 bits per heavy atom. The fourth-order valence-corrected chi connectivity index (χ4v) is 3.53. The first-order valence-electron chi connectivity index (χ1n) is 10.2. The zero-order valence-electron chi connectivity index (χ0n) is 18.3. The first-order chi connectivity index (χ1) is 15.7. The molecule has 0 bridgehead atoms. The average molecular weight is 478 g/mol. The number of benzene rings is 1. The highest BCUT2D eigenvalue weighted by Gasteiger charge is 2.46. The number of rotatable bonds is 8. The lowest BCUT2D eigenvalue weighted by molar-refractivity contribution is -0.307. The van der Waals surface area contributed by atoms with Crippen LogP contribution in [0.5, 0.6) is 23.0 Å². The molecule has 0 saturated carbocycles. The third-order valence-electron chi connectivity index (χ3n) is 5.44. The highest BCUT2D eigenvalue weighted by atomic mass is 16.7. The molecular formula is C20H30O13. The number of hydrogen-bond acceptors (Lipinski definition) is 13. The minimum atomic E-state index is -1.65. The van der Waals surface area contributed by atoms with Crippen molar-refractivity contribution in [3.8, 4) is 23.0 Å². The molecule has 2 heterocycles. The SMILES string of the molecule is COc1cc(OC2OC(COC3OCC(O)C(O)C3O)C(O)C(O)C2O)cc(OC)c1OC. The first-order valence-corrected chi connectivity index (χ1v) is 10.2. The molecule has 0 amide bonds. The second-order valence-corrected chi connectivity index (χ2v) is 7.58. The normalized spacial score (nSPS) is 36.8. The van der Waals surface area contributed by atoms with Gasteiger partial charge in [0.15, 0.2) is 17.8 Å². The monoisotopic (exact) mass is 478 g/mol. The van der Waals surface area contributed by atoms with Crippen molar-refractivity contribution in [2.45, 2.75) is 55.3 Å². The van der Waals surface area contributed by atoms with Gasteiger partial charge in [-0.3, -0.25) is 0 Å². The lowest BCUT2D eigenvalue weighted by Crippen LogP contribution is -2.61. The molecule has 0 spiro atoms. The number of ether oxygens (including phenoxy) is 7. The summed E-state index contributed by atoms with van der Waals surface area (Å²) in [7, 11) is 4.26. The van der Waals surface area contributed by atoms with E-state index in [1.54, 1.807) is 0 Å². The lowest BCUT2D eigenvalue weighted by atomic mass is 9.99. The molecule has 0 aromatic heterocycles. The first kappa shape index (κ1) is 25.7. The van der Waals surface area contributed by atoms with Crippen molar-refractivity contribution in [3.05, 3.63) is 12.1 Å². The summed E-state index contributed by atoms with van der Waals surface area (Å²) >= 11 is 0. The molecule has 1 aromatic rings. The standard InChI is InChI=1S/C20H30O13/c1-27-10-4-8(5-11(28-2)18(10)29-3)32-20-17(26)15(24)14(23)12(33-20)7-31-19-16(25)13(22)9(21)6-30-19/h4-5,9,12-17,19-26H,6-7H2,1-3H3. The van der Waals surface area contributed by atoms with Crippen molar-refractivity contribution in [2.24, 2.45) is 0 Å². The molecule has 0 aliphatic carbocycles. The van der Waals surface area contributed by atoms with Crippen molar-refractivity contribution in [3.63, 3.8) is 0 Å². The van der Waals surface area contributed by atoms with Gasteiger partial charge in [0.25, 0.3) is 0 Å². The molecule has 9 unspecified atom stereocenters. The van der Waals surface area contributed by atoms with Gasteiger partial charge in [0.1, 0.15) is 48.5 Å². The fourth-order valence-electron chi connectivity index (χ4n) is 3.53. The summed E-state index contributed by atoms with van der Waals surface area (Å²) in [6.45, 7) is -0.671. The Labute approximate surface area is 189 Å². The van der Waals surface area contributed by atoms with Gasteiger partial charge < -0.3 is 63.8 Å². The van der Waals surface area contributed by atoms with Crippen LogP contribution in [0.2, 0.25) is 0 Å². The highest BCUT2D eigenvalue weighted by molar-refractivity contribution is 5.55. The van der Waals surface area contributed by atoms with Gasteiger partial charge in [-0.05, 0) is 0 Å². The zero-order valence-corrected chi connectivity index (χ0v) is 18.3. The van der Waals surface area contributed by atoms with Crippen molar-refractivity contribution in [1.82, 2.24) is 0 Å². The van der Waals surface area contributed by atoms with E-state index < -0.39 is 61.9 Å². The predicted octanol–water partition coefficient (Wildman–Crippen LogP) is -2.65. The number of aliphatic hydroxyl groups excluding tert-OH is 6. The van der Waals surface area contributed by atoms with Crippen molar-refractivity contribution in [1.29, 1.82) is 0 Å². The molecule has 1 aromatic carbocycles. The summed E-state index contributed by atoms with van der Waals surface area (Å²) in [4.78, 5) is 0. The minimum Gasteiger partial charge on any atom is -0.493 e. The highest BCUT2D eigenvalue weighted by Crippen LogP contribution is 2.41. The molecule has 13 heteroatoms. The van der Waals surface area contributed by atoms with E-state index in [9.17, 15) is 30.6 Å². The van der Waals surface area contributed by atoms with E-state index in [0.717, 1.165) is 0 Å². The summed E-state index contributed by atoms with van der Waals surface area (Å²) in [5.41, 5.74) is 0. The van der Waals surface area contributed by atoms with Crippen molar-refractivity contribution in [2.75, 3.05) is 34.5 Å². The van der Waals surface area contributed by atoms with Crippen LogP contribution in [0.15, 0.2) is 12.1 Å². The number of hydrogen-bond donors (Lipinski definition) is 6. The average Bonchev–Trinajstić information content (AvgIpc) is 2.82. The summed E-state index contributed by atoms with van der Waals surface area (Å²) in [6.07, 6.45) is -13.1. The Bertz CT molecular complexity index is 751. The van der Waals surface area contributed by atoms with E-state index in [0.29, 0.717) is 5.75 Å². The van der Waals surface area contributed by atoms with Gasteiger partial charge in [-0.15, -0.1) is 0 Å². The molecule has 2 aliphatic heterocycles. The second kappa shape index (κ2) is 11.0. The van der Waals surface area contributed by atoms with Crippen LogP contribution in [0.3, 0.4) is 0 Å². The van der Waals surface area contributed by atoms with Crippen molar-refractivity contribution < 1.29 is 63.8 Å². The molecule has 2 fully saturated rings. The van der Waals surface area contributed by atoms with Gasteiger partial charge in [0.05, 0.1) is 34.5 Å². The fraction of sp³-hybridized carbons (Fsp3) is 0.700. The smallest absolute Gasteiger partial charge is 0.229 e. The Hall–Kier alpha value is -1.94. The van der Waals surface area contributed by atoms with Crippen LogP contribution in [0.1, 0.15) is 0 Å². The molecule has 9 atom stereocenters. The number of aliphatic hydroxyl groups is 6. The molecule has 13 nitrogen and oxygen atoms in total. The Morgan fingerprint density at radius 2 is 1.39 bits per heavy atom. The summed E-state index contributed by atoms with van der Waals surface area (Å²) < 4.78 is 37.5. The molecule has 2 saturated heterocycles. The van der Waals surface area contributed by atoms with E-state index in [2.05, 4.69) is 0 Å². The van der Waals surface area contributed by atoms with E-state index in [4.69, 9.17) is 33.2 Å². The number of methoxy groups -OCH3 is 3. The van der Waals surface area contributed by atoms with Gasteiger partial charge in [0, 0.05) is 12.1 Å². The summed E-state index contributed by atoms with van der Waals surface area (Å²) in [5.74, 6) is 1.03. The molecule has 188 valence electrons. The van der Waals surface area contributed by atoms with E-state index in [-0.39, 0.29) is 23.9 Å². The van der Waals surface area contributed by atoms with Crippen LogP contribution in [-0.4, -0.2) is 120 Å². The lowest BCUT2D eigenvalue weighted by Gasteiger charge is -2.41. The van der Waals surface area contributed by atoms with Gasteiger partial charge >= 0.3 is 0 Å². The van der Waals surface area contributed by atoms with Gasteiger partial charge in [0.2, 0.25) is 12.0 Å². The maximum Gasteiger partial charge on any atom is 0.229 e. The second-order valence-electron chi connectivity index (χ2n) is 7.58. The Balaban J connectivity index is 1.71. The summed E-state index contributed by atoms with van der Waals surface area (Å²) in [6, 6.07) is 2.92. The molecule has 6 N–H and O–H groups in total. The van der Waals surface area contributed by atoms with E-state index in [1.807, 2.05) is 0 Å². The largest absolute Gasteiger partial charge is 0.493 e. The minimum absolute atomic E-state index is 0.153. The molecule has 2 aliphatic rings. The third kappa shape index (κ3) is 5.42. The Morgan fingerprint density at radius 3 is 1.97 bits per heavy atom. The van der Waals surface area contributed by atoms with Crippen LogP contribution < -0.4 is 18.9 Å². The van der Waals surface area contributed by atoms with Crippen LogP contribution >= 0.6 is 0 Å². The van der Waals surface area contributed by atoms with Crippen LogP contribution in [-0.2, 0) is 14.2 Å². The maximum atomic E-state index is 10.4. The van der Waals surface area contributed by atoms with Crippen molar-refractivity contribution >= 4 is 0 Å². The maximum absolute atomic E-state index is 10.4. The molecule has 0 radical (unpaired) electrons. The third-order valence-corrected chi connectivity index (χ3v) is 5.44. The van der Waals surface area contributed by atoms with Crippen LogP contribution in [0.4, 0.5) is 0 Å². The van der Waals surface area contributed by atoms with Gasteiger partial charge in [-0.2, -0.15) is 0 Å². The molecular weight excluding hydrogens is 448 g/mol. The van der Waals surface area contributed by atoms with Gasteiger partial charge in [-0.1, -0.05) is 0 Å². The van der Waals surface area contributed by atoms with E-state index in [1.165, 1.54) is 33.5 Å². The van der Waals surface area contributed by atoms with Crippen LogP contribution in [0, 0.1) is 0 Å². The van der Waals surface area contributed by atoms with Gasteiger partial charge in [-0.25, -0.2) is 0 Å². The molecule has 3 rings (SSSR count). The topological polar surface area (TPSA) is 186 Å².